The van der Waals surface area contributed by atoms with E-state index in [9.17, 15) is 10.1 Å². The van der Waals surface area contributed by atoms with Gasteiger partial charge < -0.3 is 16.0 Å². The second-order valence-corrected chi connectivity index (χ2v) is 7.60. The van der Waals surface area contributed by atoms with Crippen LogP contribution in [0.2, 0.25) is 0 Å². The van der Waals surface area contributed by atoms with Gasteiger partial charge in [0.1, 0.15) is 5.54 Å². The minimum atomic E-state index is -0.932. The first-order valence-corrected chi connectivity index (χ1v) is 9.63. The van der Waals surface area contributed by atoms with Crippen LogP contribution in [-0.2, 0) is 4.79 Å². The zero-order valence-corrected chi connectivity index (χ0v) is 15.2. The van der Waals surface area contributed by atoms with E-state index in [0.717, 1.165) is 25.8 Å². The number of anilines is 1. The number of hydrogen-bond donors (Lipinski definition) is 2. The molecular formula is C19H28N6O. The van der Waals surface area contributed by atoms with Crippen molar-refractivity contribution in [3.8, 4) is 6.07 Å². The maximum Gasteiger partial charge on any atom is 0.238 e. The molecule has 26 heavy (non-hydrogen) atoms. The first kappa shape index (κ1) is 18.6. The maximum absolute atomic E-state index is 12.7. The lowest BCUT2D eigenvalue weighted by molar-refractivity contribution is -0.124. The highest BCUT2D eigenvalue weighted by atomic mass is 16.2. The van der Waals surface area contributed by atoms with Gasteiger partial charge in [0.15, 0.2) is 0 Å². The largest absolute Gasteiger partial charge is 0.337 e. The molecule has 7 nitrogen and oxygen atoms in total. The van der Waals surface area contributed by atoms with Crippen LogP contribution in [0.3, 0.4) is 0 Å². The number of nitrogens with one attached hydrogen (secondary N) is 1. The summed E-state index contributed by atoms with van der Waals surface area (Å²) in [6.07, 6.45) is 11.5. The van der Waals surface area contributed by atoms with Crippen molar-refractivity contribution in [2.45, 2.75) is 62.9 Å². The number of carbonyl (C=O) groups excluding carboxylic acids is 1. The summed E-state index contributed by atoms with van der Waals surface area (Å²) in [5.41, 5.74) is 5.23. The van der Waals surface area contributed by atoms with Crippen molar-refractivity contribution in [2.24, 2.45) is 11.7 Å². The van der Waals surface area contributed by atoms with Crippen molar-refractivity contribution in [1.29, 1.82) is 5.26 Å². The summed E-state index contributed by atoms with van der Waals surface area (Å²) in [5, 5.41) is 12.7. The van der Waals surface area contributed by atoms with Gasteiger partial charge in [0.25, 0.3) is 0 Å². The maximum atomic E-state index is 12.7. The smallest absolute Gasteiger partial charge is 0.238 e. The molecule has 1 saturated heterocycles. The van der Waals surface area contributed by atoms with E-state index >= 15 is 0 Å². The lowest BCUT2D eigenvalue weighted by atomic mass is 9.84. The van der Waals surface area contributed by atoms with E-state index in [2.05, 4.69) is 21.4 Å². The van der Waals surface area contributed by atoms with E-state index < -0.39 is 11.6 Å². The molecule has 1 saturated carbocycles. The molecule has 2 atom stereocenters. The molecule has 1 aromatic rings. The Hall–Kier alpha value is -2.20. The van der Waals surface area contributed by atoms with Crippen molar-refractivity contribution in [3.05, 3.63) is 18.5 Å². The molecule has 2 unspecified atom stereocenters. The van der Waals surface area contributed by atoms with Crippen LogP contribution in [0.15, 0.2) is 18.5 Å². The lowest BCUT2D eigenvalue weighted by Gasteiger charge is -2.39. The fourth-order valence-electron chi connectivity index (χ4n) is 4.12. The van der Waals surface area contributed by atoms with Gasteiger partial charge in [-0.3, -0.25) is 4.79 Å². The molecule has 1 amide bonds. The minimum Gasteiger partial charge on any atom is -0.337 e. The van der Waals surface area contributed by atoms with Gasteiger partial charge in [-0.1, -0.05) is 32.1 Å². The Morgan fingerprint density at radius 2 is 2.08 bits per heavy atom. The van der Waals surface area contributed by atoms with Crippen molar-refractivity contribution < 1.29 is 4.79 Å². The molecule has 0 radical (unpaired) electrons. The Morgan fingerprint density at radius 3 is 2.77 bits per heavy atom. The summed E-state index contributed by atoms with van der Waals surface area (Å²) < 4.78 is 0. The van der Waals surface area contributed by atoms with Crippen LogP contribution in [0.5, 0.6) is 0 Å². The quantitative estimate of drug-likeness (QED) is 0.832. The second kappa shape index (κ2) is 8.45. The third kappa shape index (κ3) is 4.50. The Balaban J connectivity index is 1.61. The molecule has 1 aliphatic heterocycles. The lowest BCUT2D eigenvalue weighted by Crippen LogP contribution is -2.61. The second-order valence-electron chi connectivity index (χ2n) is 7.60. The highest BCUT2D eigenvalue weighted by Crippen LogP contribution is 2.28. The van der Waals surface area contributed by atoms with E-state index in [4.69, 9.17) is 5.73 Å². The van der Waals surface area contributed by atoms with E-state index in [-0.39, 0.29) is 5.91 Å². The molecule has 3 rings (SSSR count). The Kier molecular flexibility index (Phi) is 6.04. The normalized spacial score (nSPS) is 25.3. The number of nitriles is 1. The predicted octanol–water partition coefficient (Wildman–Crippen LogP) is 1.75. The first-order chi connectivity index (χ1) is 12.6. The number of piperidine rings is 1. The third-order valence-electron chi connectivity index (χ3n) is 5.55. The van der Waals surface area contributed by atoms with E-state index in [1.165, 1.54) is 19.3 Å². The molecule has 140 valence electrons. The van der Waals surface area contributed by atoms with Crippen LogP contribution in [0, 0.1) is 17.2 Å². The highest BCUT2D eigenvalue weighted by Gasteiger charge is 2.39. The number of rotatable bonds is 5. The number of hydrogen-bond acceptors (Lipinski definition) is 6. The molecule has 2 aliphatic rings. The van der Waals surface area contributed by atoms with Crippen molar-refractivity contribution in [3.63, 3.8) is 0 Å². The number of nitrogens with zero attached hydrogens (tertiary/aromatic N) is 4. The molecular weight excluding hydrogens is 328 g/mol. The molecule has 1 aromatic heterocycles. The fourth-order valence-corrected chi connectivity index (χ4v) is 4.12. The van der Waals surface area contributed by atoms with Crippen molar-refractivity contribution >= 4 is 11.9 Å². The molecule has 2 fully saturated rings. The number of amides is 1. The molecule has 7 heteroatoms. The predicted molar refractivity (Wildman–Crippen MR) is 99.1 cm³/mol. The van der Waals surface area contributed by atoms with Crippen LogP contribution < -0.4 is 16.0 Å². The van der Waals surface area contributed by atoms with Gasteiger partial charge in [0.05, 0.1) is 18.7 Å². The number of nitrogens with two attached hydrogens (primary N) is 1. The van der Waals surface area contributed by atoms with Crippen molar-refractivity contribution in [2.75, 3.05) is 18.0 Å². The van der Waals surface area contributed by atoms with Gasteiger partial charge in [-0.15, -0.1) is 0 Å². The molecule has 3 N–H and O–H groups in total. The zero-order valence-electron chi connectivity index (χ0n) is 15.2. The van der Waals surface area contributed by atoms with Gasteiger partial charge in [-0.2, -0.15) is 5.26 Å². The topological polar surface area (TPSA) is 108 Å². The van der Waals surface area contributed by atoms with E-state index in [0.29, 0.717) is 31.3 Å². The summed E-state index contributed by atoms with van der Waals surface area (Å²) in [5.74, 6) is 0.906. The molecule has 0 bridgehead atoms. The van der Waals surface area contributed by atoms with Gasteiger partial charge in [0.2, 0.25) is 11.9 Å². The van der Waals surface area contributed by atoms with Gasteiger partial charge in [0, 0.05) is 18.9 Å². The first-order valence-electron chi connectivity index (χ1n) is 9.63. The Labute approximate surface area is 155 Å². The van der Waals surface area contributed by atoms with Crippen LogP contribution >= 0.6 is 0 Å². The zero-order chi connectivity index (χ0) is 18.4. The average Bonchev–Trinajstić information content (AvgIpc) is 2.69. The van der Waals surface area contributed by atoms with Crippen LogP contribution in [0.4, 0.5) is 5.95 Å². The van der Waals surface area contributed by atoms with E-state index in [1.54, 1.807) is 18.5 Å². The number of carbonyl (C=O) groups is 1. The summed E-state index contributed by atoms with van der Waals surface area (Å²) in [6, 6.07) is 3.53. The standard InChI is InChI=1S/C19H28N6O/c20-13-19(8-4-11-25(14-19)18-22-9-5-10-23-18)24-17(26)16(21)12-15-6-2-1-3-7-15/h5,9-10,15-16H,1-4,6-8,11-12,14,21H2,(H,24,26). The Bertz CT molecular complexity index is 639. The molecule has 0 spiro atoms. The molecule has 1 aliphatic carbocycles. The summed E-state index contributed by atoms with van der Waals surface area (Å²) in [6.45, 7) is 1.16. The molecule has 0 aromatic carbocycles. The summed E-state index contributed by atoms with van der Waals surface area (Å²) in [4.78, 5) is 23.1. The third-order valence-corrected chi connectivity index (χ3v) is 5.55. The Morgan fingerprint density at radius 1 is 1.35 bits per heavy atom. The van der Waals surface area contributed by atoms with E-state index in [1.807, 2.05) is 4.90 Å². The van der Waals surface area contributed by atoms with Gasteiger partial charge in [-0.25, -0.2) is 9.97 Å². The van der Waals surface area contributed by atoms with Crippen LogP contribution in [0.1, 0.15) is 51.4 Å². The van der Waals surface area contributed by atoms with Crippen LogP contribution in [0.25, 0.3) is 0 Å². The van der Waals surface area contributed by atoms with Crippen molar-refractivity contribution in [1.82, 2.24) is 15.3 Å². The fraction of sp³-hybridized carbons (Fsp3) is 0.684. The monoisotopic (exact) mass is 356 g/mol. The summed E-state index contributed by atoms with van der Waals surface area (Å²) >= 11 is 0. The summed E-state index contributed by atoms with van der Waals surface area (Å²) in [7, 11) is 0. The average molecular weight is 356 g/mol. The SMILES string of the molecule is N#CC1(NC(=O)C(N)CC2CCCCC2)CCCN(c2ncccn2)C1. The highest BCUT2D eigenvalue weighted by molar-refractivity contribution is 5.82. The molecule has 2 heterocycles. The van der Waals surface area contributed by atoms with Gasteiger partial charge >= 0.3 is 0 Å². The minimum absolute atomic E-state index is 0.215. The number of aromatic nitrogens is 2. The van der Waals surface area contributed by atoms with Crippen LogP contribution in [-0.4, -0.2) is 40.5 Å². The van der Waals surface area contributed by atoms with Gasteiger partial charge in [-0.05, 0) is 31.2 Å².